The van der Waals surface area contributed by atoms with Crippen molar-refractivity contribution >= 4 is 46.2 Å². The summed E-state index contributed by atoms with van der Waals surface area (Å²) in [5.74, 6) is 0.704. The number of H-pyrrole nitrogens is 1. The SMILES string of the molecule is C=CCn1c(Cc2csc(NC(=O)CN3C(=O)[C@@H](C)Oc4ccccc43)n2)n[nH]c1=S. The molecule has 1 aliphatic rings. The van der Waals surface area contributed by atoms with Crippen LogP contribution < -0.4 is 15.0 Å². The fourth-order valence-corrected chi connectivity index (χ4v) is 4.19. The van der Waals surface area contributed by atoms with Crippen LogP contribution in [0.2, 0.25) is 0 Å². The minimum Gasteiger partial charge on any atom is -0.479 e. The number of para-hydroxylation sites is 2. The smallest absolute Gasteiger partial charge is 0.268 e. The first-order valence-corrected chi connectivity index (χ1v) is 10.8. The van der Waals surface area contributed by atoms with Gasteiger partial charge in [0.05, 0.1) is 17.8 Å². The molecule has 0 aliphatic carbocycles. The maximum Gasteiger partial charge on any atom is 0.268 e. The average Bonchev–Trinajstić information content (AvgIpc) is 3.33. The first kappa shape index (κ1) is 20.9. The number of amides is 2. The summed E-state index contributed by atoms with van der Waals surface area (Å²) in [6.07, 6.45) is 1.55. The number of rotatable bonds is 7. The summed E-state index contributed by atoms with van der Waals surface area (Å²) in [4.78, 5) is 31.1. The lowest BCUT2D eigenvalue weighted by atomic mass is 10.2. The number of thiazole rings is 1. The van der Waals surface area contributed by atoms with E-state index in [-0.39, 0.29) is 18.4 Å². The number of ether oxygens (including phenoxy) is 1. The van der Waals surface area contributed by atoms with E-state index in [1.165, 1.54) is 16.2 Å². The quantitative estimate of drug-likeness (QED) is 0.418. The number of nitrogens with zero attached hydrogens (tertiary/aromatic N) is 4. The maximum absolute atomic E-state index is 12.6. The van der Waals surface area contributed by atoms with E-state index >= 15 is 0 Å². The number of aromatic nitrogens is 4. The second-order valence-corrected chi connectivity index (χ2v) is 8.11. The molecular formula is C20H20N6O3S2. The summed E-state index contributed by atoms with van der Waals surface area (Å²) in [7, 11) is 0. The predicted molar refractivity (Wildman–Crippen MR) is 120 cm³/mol. The van der Waals surface area contributed by atoms with Gasteiger partial charge in [0.15, 0.2) is 16.0 Å². The Labute approximate surface area is 187 Å². The topological polar surface area (TPSA) is 105 Å². The summed E-state index contributed by atoms with van der Waals surface area (Å²) >= 11 is 6.53. The van der Waals surface area contributed by atoms with Gasteiger partial charge in [0.2, 0.25) is 5.91 Å². The van der Waals surface area contributed by atoms with Crippen LogP contribution >= 0.6 is 23.6 Å². The molecule has 1 aliphatic heterocycles. The van der Waals surface area contributed by atoms with E-state index in [1.54, 1.807) is 31.2 Å². The highest BCUT2D eigenvalue weighted by Crippen LogP contribution is 2.33. The average molecular weight is 457 g/mol. The van der Waals surface area contributed by atoms with E-state index in [4.69, 9.17) is 17.0 Å². The molecule has 2 aromatic heterocycles. The van der Waals surface area contributed by atoms with E-state index in [1.807, 2.05) is 16.0 Å². The van der Waals surface area contributed by atoms with E-state index in [9.17, 15) is 9.59 Å². The van der Waals surface area contributed by atoms with Crippen LogP contribution in [0.3, 0.4) is 0 Å². The zero-order valence-corrected chi connectivity index (χ0v) is 18.3. The van der Waals surface area contributed by atoms with Crippen molar-refractivity contribution in [3.05, 3.63) is 58.6 Å². The molecule has 2 N–H and O–H groups in total. The number of carbonyl (C=O) groups is 2. The Kier molecular flexibility index (Phi) is 5.96. The summed E-state index contributed by atoms with van der Waals surface area (Å²) in [5.41, 5.74) is 1.33. The van der Waals surface area contributed by atoms with Gasteiger partial charge in [0, 0.05) is 11.9 Å². The van der Waals surface area contributed by atoms with Crippen LogP contribution in [0.1, 0.15) is 18.4 Å². The lowest BCUT2D eigenvalue weighted by molar-refractivity contribution is -0.127. The molecular weight excluding hydrogens is 436 g/mol. The standard InChI is InChI=1S/C20H20N6O3S2/c1-3-8-25-16(23-24-20(25)30)9-13-11-31-19(21-13)22-17(27)10-26-14-6-4-5-7-15(14)29-12(2)18(26)28/h3-7,11-12H,1,8-10H2,2H3,(H,24,30)(H,21,22,27)/t12-/m1/s1. The number of fused-ring (bicyclic) bond motifs is 1. The number of allylic oxidation sites excluding steroid dienone is 1. The van der Waals surface area contributed by atoms with Crippen LogP contribution in [0.4, 0.5) is 10.8 Å². The maximum atomic E-state index is 12.6. The van der Waals surface area contributed by atoms with E-state index in [0.29, 0.717) is 34.3 Å². The Morgan fingerprint density at radius 3 is 3.06 bits per heavy atom. The second-order valence-electron chi connectivity index (χ2n) is 6.87. The molecule has 0 radical (unpaired) electrons. The Balaban J connectivity index is 1.44. The molecule has 4 rings (SSSR count). The van der Waals surface area contributed by atoms with Crippen LogP contribution in [-0.2, 0) is 22.6 Å². The van der Waals surface area contributed by atoms with Gasteiger partial charge in [-0.05, 0) is 31.3 Å². The van der Waals surface area contributed by atoms with E-state index < -0.39 is 6.10 Å². The van der Waals surface area contributed by atoms with Gasteiger partial charge >= 0.3 is 0 Å². The highest BCUT2D eigenvalue weighted by Gasteiger charge is 2.32. The number of aromatic amines is 1. The fourth-order valence-electron chi connectivity index (χ4n) is 3.23. The van der Waals surface area contributed by atoms with Gasteiger partial charge in [-0.2, -0.15) is 5.10 Å². The van der Waals surface area contributed by atoms with E-state index in [2.05, 4.69) is 27.1 Å². The van der Waals surface area contributed by atoms with Crippen molar-refractivity contribution in [1.29, 1.82) is 0 Å². The number of anilines is 2. The molecule has 160 valence electrons. The molecule has 1 atom stereocenters. The highest BCUT2D eigenvalue weighted by molar-refractivity contribution is 7.71. The molecule has 11 heteroatoms. The zero-order chi connectivity index (χ0) is 22.0. The monoisotopic (exact) mass is 456 g/mol. The number of carbonyl (C=O) groups excluding carboxylic acids is 2. The second kappa shape index (κ2) is 8.82. The largest absolute Gasteiger partial charge is 0.479 e. The van der Waals surface area contributed by atoms with Gasteiger partial charge in [-0.3, -0.25) is 24.2 Å². The molecule has 0 fully saturated rings. The van der Waals surface area contributed by atoms with Crippen molar-refractivity contribution in [3.8, 4) is 5.75 Å². The molecule has 2 amide bonds. The number of benzene rings is 1. The zero-order valence-electron chi connectivity index (χ0n) is 16.7. The third kappa shape index (κ3) is 4.42. The molecule has 3 heterocycles. The van der Waals surface area contributed by atoms with Gasteiger partial charge in [-0.25, -0.2) is 4.98 Å². The number of nitrogens with one attached hydrogen (secondary N) is 2. The third-order valence-electron chi connectivity index (χ3n) is 4.66. The van der Waals surface area contributed by atoms with Gasteiger partial charge in [0.25, 0.3) is 5.91 Å². The van der Waals surface area contributed by atoms with Crippen LogP contribution in [0, 0.1) is 4.77 Å². The highest BCUT2D eigenvalue weighted by atomic mass is 32.1. The van der Waals surface area contributed by atoms with Crippen molar-refractivity contribution in [2.24, 2.45) is 0 Å². The molecule has 0 bridgehead atoms. The lowest BCUT2D eigenvalue weighted by Crippen LogP contribution is -2.47. The molecule has 3 aromatic rings. The van der Waals surface area contributed by atoms with Gasteiger partial charge < -0.3 is 10.1 Å². The fraction of sp³-hybridized carbons (Fsp3) is 0.250. The summed E-state index contributed by atoms with van der Waals surface area (Å²) in [6, 6.07) is 7.15. The Morgan fingerprint density at radius 1 is 1.45 bits per heavy atom. The van der Waals surface area contributed by atoms with Crippen molar-refractivity contribution in [1.82, 2.24) is 19.7 Å². The van der Waals surface area contributed by atoms with Gasteiger partial charge in [-0.15, -0.1) is 17.9 Å². The first-order valence-electron chi connectivity index (χ1n) is 9.52. The first-order chi connectivity index (χ1) is 15.0. The van der Waals surface area contributed by atoms with Gasteiger partial charge in [0.1, 0.15) is 18.1 Å². The normalized spacial score (nSPS) is 15.3. The minimum atomic E-state index is -0.653. The molecule has 9 nitrogen and oxygen atoms in total. The summed E-state index contributed by atoms with van der Waals surface area (Å²) in [5, 5.41) is 12.1. The van der Waals surface area contributed by atoms with Crippen LogP contribution in [0.5, 0.6) is 5.75 Å². The molecule has 0 unspecified atom stereocenters. The third-order valence-corrected chi connectivity index (χ3v) is 5.78. The Morgan fingerprint density at radius 2 is 2.26 bits per heavy atom. The Hall–Kier alpha value is -3.31. The van der Waals surface area contributed by atoms with E-state index in [0.717, 1.165) is 11.5 Å². The summed E-state index contributed by atoms with van der Waals surface area (Å²) in [6.45, 7) is 5.81. The molecule has 1 aromatic carbocycles. The predicted octanol–water partition coefficient (Wildman–Crippen LogP) is 2.93. The number of hydrogen-bond donors (Lipinski definition) is 2. The van der Waals surface area contributed by atoms with Crippen molar-refractivity contribution in [2.45, 2.75) is 26.0 Å². The van der Waals surface area contributed by atoms with Crippen LogP contribution in [0.15, 0.2) is 42.3 Å². The molecule has 0 saturated heterocycles. The van der Waals surface area contributed by atoms with Crippen molar-refractivity contribution < 1.29 is 14.3 Å². The minimum absolute atomic E-state index is 0.129. The van der Waals surface area contributed by atoms with Crippen molar-refractivity contribution in [2.75, 3.05) is 16.8 Å². The van der Waals surface area contributed by atoms with Crippen LogP contribution in [0.25, 0.3) is 0 Å². The summed E-state index contributed by atoms with van der Waals surface area (Å²) < 4.78 is 7.96. The number of hydrogen-bond acceptors (Lipinski definition) is 7. The molecule has 0 spiro atoms. The molecule has 0 saturated carbocycles. The van der Waals surface area contributed by atoms with Crippen LogP contribution in [-0.4, -0.2) is 44.2 Å². The molecule has 31 heavy (non-hydrogen) atoms. The Bertz CT molecular complexity index is 1200. The van der Waals surface area contributed by atoms with Gasteiger partial charge in [-0.1, -0.05) is 18.2 Å². The lowest BCUT2D eigenvalue weighted by Gasteiger charge is -2.32. The van der Waals surface area contributed by atoms with Crippen molar-refractivity contribution in [3.63, 3.8) is 0 Å².